The van der Waals surface area contributed by atoms with Gasteiger partial charge in [0.05, 0.1) is 12.7 Å². The van der Waals surface area contributed by atoms with Crippen LogP contribution in [0.3, 0.4) is 0 Å². The first-order chi connectivity index (χ1) is 6.56. The van der Waals surface area contributed by atoms with Gasteiger partial charge in [0.25, 0.3) is 0 Å². The van der Waals surface area contributed by atoms with Crippen LogP contribution in [0.2, 0.25) is 0 Å². The van der Waals surface area contributed by atoms with E-state index in [0.717, 1.165) is 19.5 Å². The molecule has 2 unspecified atom stereocenters. The fourth-order valence-electron chi connectivity index (χ4n) is 1.95. The Morgan fingerprint density at radius 2 is 1.79 bits per heavy atom. The number of hydrogen-bond acceptors (Lipinski definition) is 3. The van der Waals surface area contributed by atoms with Gasteiger partial charge in [-0.05, 0) is 26.4 Å². The van der Waals surface area contributed by atoms with Crippen LogP contribution >= 0.6 is 0 Å². The third-order valence-electron chi connectivity index (χ3n) is 3.24. The van der Waals surface area contributed by atoms with E-state index in [4.69, 9.17) is 4.74 Å². The first kappa shape index (κ1) is 13.9. The van der Waals surface area contributed by atoms with Gasteiger partial charge in [0.1, 0.15) is 0 Å². The minimum Gasteiger partial charge on any atom is -0.389 e. The number of aliphatic hydroxyl groups is 1. The summed E-state index contributed by atoms with van der Waals surface area (Å²) >= 11 is 0. The van der Waals surface area contributed by atoms with Crippen LogP contribution in [0.1, 0.15) is 34.1 Å². The molecule has 14 heavy (non-hydrogen) atoms. The summed E-state index contributed by atoms with van der Waals surface area (Å²) in [6.07, 6.45) is 0.511. The summed E-state index contributed by atoms with van der Waals surface area (Å²) < 4.78 is 5.01. The van der Waals surface area contributed by atoms with Crippen LogP contribution in [0.5, 0.6) is 0 Å². The summed E-state index contributed by atoms with van der Waals surface area (Å²) in [4.78, 5) is 2.29. The lowest BCUT2D eigenvalue weighted by Gasteiger charge is -2.43. The molecule has 0 aliphatic carbocycles. The van der Waals surface area contributed by atoms with Crippen molar-refractivity contribution in [1.82, 2.24) is 4.90 Å². The highest BCUT2D eigenvalue weighted by atomic mass is 16.5. The number of ether oxygens (including phenoxy) is 1. The van der Waals surface area contributed by atoms with Crippen molar-refractivity contribution >= 4 is 0 Å². The molecule has 0 aromatic carbocycles. The minimum absolute atomic E-state index is 0.167. The van der Waals surface area contributed by atoms with Gasteiger partial charge in [-0.2, -0.15) is 0 Å². The number of nitrogens with zero attached hydrogens (tertiary/aromatic N) is 1. The second-order valence-electron chi connectivity index (χ2n) is 3.85. The van der Waals surface area contributed by atoms with E-state index in [1.807, 2.05) is 0 Å². The maximum absolute atomic E-state index is 10.0. The summed E-state index contributed by atoms with van der Waals surface area (Å²) in [6.45, 7) is 10.8. The maximum atomic E-state index is 10.0. The van der Waals surface area contributed by atoms with Crippen molar-refractivity contribution in [2.24, 2.45) is 0 Å². The van der Waals surface area contributed by atoms with E-state index in [1.165, 1.54) is 0 Å². The van der Waals surface area contributed by atoms with E-state index in [-0.39, 0.29) is 5.54 Å². The Balaban J connectivity index is 4.57. The highest BCUT2D eigenvalue weighted by Gasteiger charge is 2.35. The van der Waals surface area contributed by atoms with Gasteiger partial charge in [0.2, 0.25) is 0 Å². The topological polar surface area (TPSA) is 32.7 Å². The first-order valence-corrected chi connectivity index (χ1v) is 5.48. The Hall–Kier alpha value is -0.120. The van der Waals surface area contributed by atoms with E-state index < -0.39 is 6.10 Å². The second-order valence-corrected chi connectivity index (χ2v) is 3.85. The zero-order valence-corrected chi connectivity index (χ0v) is 10.2. The molecule has 0 radical (unpaired) electrons. The summed E-state index contributed by atoms with van der Waals surface area (Å²) in [5.41, 5.74) is -0.167. The standard InChI is InChI=1S/C11H25NO2/c1-6-11(4,10(13)9-14-5)12(7-2)8-3/h10,13H,6-9H2,1-5H3. The zero-order chi connectivity index (χ0) is 11.2. The molecule has 0 heterocycles. The van der Waals surface area contributed by atoms with Crippen molar-refractivity contribution in [3.8, 4) is 0 Å². The molecule has 0 spiro atoms. The number of rotatable bonds is 7. The van der Waals surface area contributed by atoms with E-state index in [2.05, 4.69) is 32.6 Å². The van der Waals surface area contributed by atoms with E-state index in [0.29, 0.717) is 6.61 Å². The van der Waals surface area contributed by atoms with Crippen LogP contribution in [-0.4, -0.2) is 48.5 Å². The quantitative estimate of drug-likeness (QED) is 0.680. The lowest BCUT2D eigenvalue weighted by atomic mass is 9.89. The van der Waals surface area contributed by atoms with Gasteiger partial charge in [0.15, 0.2) is 0 Å². The fraction of sp³-hybridized carbons (Fsp3) is 1.00. The SMILES string of the molecule is CCN(CC)C(C)(CC)C(O)COC. The average molecular weight is 203 g/mol. The molecule has 0 rings (SSSR count). The molecule has 0 saturated heterocycles. The molecule has 3 nitrogen and oxygen atoms in total. The zero-order valence-electron chi connectivity index (χ0n) is 10.2. The van der Waals surface area contributed by atoms with Crippen LogP contribution in [0, 0.1) is 0 Å². The molecule has 0 aromatic rings. The second kappa shape index (κ2) is 6.38. The molecule has 3 heteroatoms. The Bertz CT molecular complexity index is 148. The summed E-state index contributed by atoms with van der Waals surface area (Å²) in [7, 11) is 1.63. The fourth-order valence-corrected chi connectivity index (χ4v) is 1.95. The summed E-state index contributed by atoms with van der Waals surface area (Å²) in [6, 6.07) is 0. The highest BCUT2D eigenvalue weighted by molar-refractivity contribution is 4.91. The van der Waals surface area contributed by atoms with E-state index in [1.54, 1.807) is 7.11 Å². The lowest BCUT2D eigenvalue weighted by Crippen LogP contribution is -2.55. The number of aliphatic hydroxyl groups excluding tert-OH is 1. The van der Waals surface area contributed by atoms with Gasteiger partial charge >= 0.3 is 0 Å². The number of likely N-dealkylation sites (N-methyl/N-ethyl adjacent to an activating group) is 1. The van der Waals surface area contributed by atoms with Crippen molar-refractivity contribution in [2.75, 3.05) is 26.8 Å². The van der Waals surface area contributed by atoms with Crippen LogP contribution in [0.4, 0.5) is 0 Å². The molecule has 2 atom stereocenters. The Labute approximate surface area is 88.1 Å². The molecule has 86 valence electrons. The molecule has 0 aliphatic rings. The third-order valence-corrected chi connectivity index (χ3v) is 3.24. The molecule has 0 saturated carbocycles. The van der Waals surface area contributed by atoms with Gasteiger partial charge in [-0.15, -0.1) is 0 Å². The monoisotopic (exact) mass is 203 g/mol. The van der Waals surface area contributed by atoms with Crippen molar-refractivity contribution in [2.45, 2.75) is 45.8 Å². The Morgan fingerprint density at radius 3 is 2.07 bits per heavy atom. The molecule has 1 N–H and O–H groups in total. The molecule has 0 aliphatic heterocycles. The molecule has 0 fully saturated rings. The van der Waals surface area contributed by atoms with Crippen molar-refractivity contribution < 1.29 is 9.84 Å². The average Bonchev–Trinajstić information content (AvgIpc) is 2.19. The van der Waals surface area contributed by atoms with Crippen molar-refractivity contribution in [1.29, 1.82) is 0 Å². The third kappa shape index (κ3) is 2.94. The molecule has 0 amide bonds. The molecule has 0 bridgehead atoms. The van der Waals surface area contributed by atoms with Gasteiger partial charge in [0, 0.05) is 12.6 Å². The lowest BCUT2D eigenvalue weighted by molar-refractivity contribution is -0.0553. The van der Waals surface area contributed by atoms with E-state index >= 15 is 0 Å². The van der Waals surface area contributed by atoms with E-state index in [9.17, 15) is 5.11 Å². The largest absolute Gasteiger partial charge is 0.389 e. The van der Waals surface area contributed by atoms with Crippen LogP contribution in [0.25, 0.3) is 0 Å². The van der Waals surface area contributed by atoms with Gasteiger partial charge in [-0.1, -0.05) is 20.8 Å². The molecular weight excluding hydrogens is 178 g/mol. The van der Waals surface area contributed by atoms with Gasteiger partial charge in [-0.25, -0.2) is 0 Å². The van der Waals surface area contributed by atoms with Crippen LogP contribution < -0.4 is 0 Å². The summed E-state index contributed by atoms with van der Waals surface area (Å²) in [5.74, 6) is 0. The minimum atomic E-state index is -0.419. The number of hydrogen-bond donors (Lipinski definition) is 1. The van der Waals surface area contributed by atoms with Crippen LogP contribution in [-0.2, 0) is 4.74 Å². The van der Waals surface area contributed by atoms with Gasteiger partial charge < -0.3 is 9.84 Å². The van der Waals surface area contributed by atoms with Crippen molar-refractivity contribution in [3.05, 3.63) is 0 Å². The van der Waals surface area contributed by atoms with Crippen LogP contribution in [0.15, 0.2) is 0 Å². The number of methoxy groups -OCH3 is 1. The summed E-state index contributed by atoms with van der Waals surface area (Å²) in [5, 5.41) is 10.0. The molecular formula is C11H25NO2. The molecule has 0 aromatic heterocycles. The highest BCUT2D eigenvalue weighted by Crippen LogP contribution is 2.23. The smallest absolute Gasteiger partial charge is 0.0953 e. The van der Waals surface area contributed by atoms with Gasteiger partial charge in [-0.3, -0.25) is 4.90 Å². The predicted octanol–water partition coefficient (Wildman–Crippen LogP) is 1.50. The van der Waals surface area contributed by atoms with Crippen molar-refractivity contribution in [3.63, 3.8) is 0 Å². The predicted molar refractivity (Wildman–Crippen MR) is 59.5 cm³/mol. The normalized spacial score (nSPS) is 18.2. The maximum Gasteiger partial charge on any atom is 0.0953 e. The Morgan fingerprint density at radius 1 is 1.29 bits per heavy atom. The first-order valence-electron chi connectivity index (χ1n) is 5.48. The Kier molecular flexibility index (Phi) is 6.33.